The maximum absolute atomic E-state index is 11.7. The molecule has 17 heavy (non-hydrogen) atoms. The van der Waals surface area contributed by atoms with Crippen LogP contribution in [0.25, 0.3) is 0 Å². The van der Waals surface area contributed by atoms with E-state index in [0.29, 0.717) is 19.6 Å². The molecule has 0 aromatic carbocycles. The summed E-state index contributed by atoms with van der Waals surface area (Å²) in [5.41, 5.74) is -0.492. The van der Waals surface area contributed by atoms with Gasteiger partial charge in [0.25, 0.3) is 0 Å². The monoisotopic (exact) mass is 244 g/mol. The predicted octanol–water partition coefficient (Wildman–Crippen LogP) is 1.51. The molecule has 98 valence electrons. The van der Waals surface area contributed by atoms with Gasteiger partial charge in [0.1, 0.15) is 5.60 Å². The summed E-state index contributed by atoms with van der Waals surface area (Å²) in [4.78, 5) is 23.7. The second-order valence-electron chi connectivity index (χ2n) is 5.27. The number of ether oxygens (including phenoxy) is 1. The zero-order valence-electron chi connectivity index (χ0n) is 10.5. The molecule has 2 amide bonds. The van der Waals surface area contributed by atoms with Crippen molar-refractivity contribution in [3.05, 3.63) is 0 Å². The molecule has 0 radical (unpaired) electrons. The molecule has 0 aliphatic carbocycles. The maximum atomic E-state index is 11.7. The van der Waals surface area contributed by atoms with Crippen LogP contribution in [0, 0.1) is 5.92 Å². The van der Waals surface area contributed by atoms with Crippen molar-refractivity contribution in [2.75, 3.05) is 19.6 Å². The van der Waals surface area contributed by atoms with Crippen molar-refractivity contribution in [3.8, 4) is 0 Å². The predicted molar refractivity (Wildman–Crippen MR) is 61.9 cm³/mol. The summed E-state index contributed by atoms with van der Waals surface area (Å²) in [5.74, 6) is 0.179. The van der Waals surface area contributed by atoms with E-state index in [4.69, 9.17) is 9.84 Å². The summed E-state index contributed by atoms with van der Waals surface area (Å²) in [6, 6.07) is 0. The van der Waals surface area contributed by atoms with Crippen LogP contribution in [0.4, 0.5) is 9.59 Å². The van der Waals surface area contributed by atoms with Crippen molar-refractivity contribution >= 4 is 12.2 Å². The molecule has 0 unspecified atom stereocenters. The standard InChI is InChI=1S/C11H20N2O4/c1-11(2,3)17-10(16)13-5-4-8(7-13)6-12-9(14)15/h8,12H,4-7H2,1-3H3,(H,14,15)/t8-/m0/s1. The van der Waals surface area contributed by atoms with E-state index in [-0.39, 0.29) is 12.0 Å². The quantitative estimate of drug-likeness (QED) is 0.771. The number of carbonyl (C=O) groups excluding carboxylic acids is 1. The van der Waals surface area contributed by atoms with E-state index < -0.39 is 11.7 Å². The zero-order chi connectivity index (χ0) is 13.1. The molecule has 1 saturated heterocycles. The summed E-state index contributed by atoms with van der Waals surface area (Å²) >= 11 is 0. The van der Waals surface area contributed by atoms with Crippen molar-refractivity contribution in [2.45, 2.75) is 32.8 Å². The molecule has 1 heterocycles. The van der Waals surface area contributed by atoms with Gasteiger partial charge >= 0.3 is 12.2 Å². The van der Waals surface area contributed by atoms with Crippen LogP contribution < -0.4 is 5.32 Å². The van der Waals surface area contributed by atoms with Gasteiger partial charge in [0.2, 0.25) is 0 Å². The van der Waals surface area contributed by atoms with E-state index >= 15 is 0 Å². The Kier molecular flexibility index (Phi) is 4.20. The van der Waals surface area contributed by atoms with E-state index in [2.05, 4.69) is 5.32 Å². The molecule has 1 rings (SSSR count). The second-order valence-corrected chi connectivity index (χ2v) is 5.27. The van der Waals surface area contributed by atoms with Crippen LogP contribution in [0.15, 0.2) is 0 Å². The topological polar surface area (TPSA) is 78.9 Å². The number of rotatable bonds is 2. The van der Waals surface area contributed by atoms with Crippen LogP contribution in [0.3, 0.4) is 0 Å². The van der Waals surface area contributed by atoms with Crippen LogP contribution in [-0.4, -0.2) is 47.4 Å². The normalized spacial score (nSPS) is 20.2. The Bertz CT molecular complexity index is 298. The molecule has 1 aliphatic heterocycles. The lowest BCUT2D eigenvalue weighted by Crippen LogP contribution is -2.36. The summed E-state index contributed by atoms with van der Waals surface area (Å²) in [6.45, 7) is 7.03. The smallest absolute Gasteiger partial charge is 0.410 e. The van der Waals surface area contributed by atoms with Crippen LogP contribution >= 0.6 is 0 Å². The number of carboxylic acid groups (broad SMARTS) is 1. The van der Waals surface area contributed by atoms with Gasteiger partial charge in [-0.15, -0.1) is 0 Å². The number of nitrogens with one attached hydrogen (secondary N) is 1. The molecule has 2 N–H and O–H groups in total. The van der Waals surface area contributed by atoms with E-state index in [1.54, 1.807) is 4.90 Å². The first-order chi connectivity index (χ1) is 7.78. The molecule has 6 nitrogen and oxygen atoms in total. The average Bonchev–Trinajstić information content (AvgIpc) is 2.60. The molecule has 0 aromatic rings. The van der Waals surface area contributed by atoms with Crippen LogP contribution in [0.5, 0.6) is 0 Å². The fraction of sp³-hybridized carbons (Fsp3) is 0.818. The Balaban J connectivity index is 2.34. The van der Waals surface area contributed by atoms with Gasteiger partial charge in [0.15, 0.2) is 0 Å². The third-order valence-corrected chi connectivity index (χ3v) is 2.48. The lowest BCUT2D eigenvalue weighted by Gasteiger charge is -2.24. The number of carbonyl (C=O) groups is 2. The van der Waals surface area contributed by atoms with E-state index in [0.717, 1.165) is 6.42 Å². The summed E-state index contributed by atoms with van der Waals surface area (Å²) < 4.78 is 5.25. The molecule has 6 heteroatoms. The molecule has 0 bridgehead atoms. The lowest BCUT2D eigenvalue weighted by molar-refractivity contribution is 0.0288. The van der Waals surface area contributed by atoms with Gasteiger partial charge in [0, 0.05) is 19.6 Å². The van der Waals surface area contributed by atoms with Crippen LogP contribution in [0.1, 0.15) is 27.2 Å². The molecule has 0 spiro atoms. The van der Waals surface area contributed by atoms with Crippen molar-refractivity contribution in [1.82, 2.24) is 10.2 Å². The van der Waals surface area contributed by atoms with Crippen molar-refractivity contribution in [3.63, 3.8) is 0 Å². The number of nitrogens with zero attached hydrogens (tertiary/aromatic N) is 1. The number of hydrogen-bond donors (Lipinski definition) is 2. The highest BCUT2D eigenvalue weighted by atomic mass is 16.6. The first-order valence-corrected chi connectivity index (χ1v) is 5.72. The number of amides is 2. The Morgan fingerprint density at radius 2 is 2.12 bits per heavy atom. The largest absolute Gasteiger partial charge is 0.465 e. The molecular weight excluding hydrogens is 224 g/mol. The van der Waals surface area contributed by atoms with Crippen molar-refractivity contribution in [2.24, 2.45) is 5.92 Å². The molecule has 1 aliphatic rings. The SMILES string of the molecule is CC(C)(C)OC(=O)N1CC[C@@H](CNC(=O)O)C1. The van der Waals surface area contributed by atoms with E-state index in [9.17, 15) is 9.59 Å². The van der Waals surface area contributed by atoms with Crippen LogP contribution in [-0.2, 0) is 4.74 Å². The molecule has 0 aromatic heterocycles. The Morgan fingerprint density at radius 1 is 1.47 bits per heavy atom. The van der Waals surface area contributed by atoms with Crippen molar-refractivity contribution in [1.29, 1.82) is 0 Å². The zero-order valence-corrected chi connectivity index (χ0v) is 10.5. The second kappa shape index (κ2) is 5.25. The summed E-state index contributed by atoms with van der Waals surface area (Å²) in [6.07, 6.45) is -0.546. The number of hydrogen-bond acceptors (Lipinski definition) is 3. The van der Waals surface area contributed by atoms with Gasteiger partial charge in [-0.1, -0.05) is 0 Å². The van der Waals surface area contributed by atoms with Gasteiger partial charge in [-0.25, -0.2) is 9.59 Å². The lowest BCUT2D eigenvalue weighted by atomic mass is 10.1. The third kappa shape index (κ3) is 4.93. The van der Waals surface area contributed by atoms with Gasteiger partial charge in [-0.3, -0.25) is 0 Å². The minimum absolute atomic E-state index is 0.179. The van der Waals surface area contributed by atoms with Gasteiger partial charge < -0.3 is 20.1 Å². The maximum Gasteiger partial charge on any atom is 0.410 e. The highest BCUT2D eigenvalue weighted by molar-refractivity contribution is 5.68. The van der Waals surface area contributed by atoms with Gasteiger partial charge in [0.05, 0.1) is 0 Å². The van der Waals surface area contributed by atoms with Gasteiger partial charge in [-0.05, 0) is 33.1 Å². The third-order valence-electron chi connectivity index (χ3n) is 2.48. The molecule has 1 fully saturated rings. The van der Waals surface area contributed by atoms with E-state index in [1.165, 1.54) is 0 Å². The van der Waals surface area contributed by atoms with Gasteiger partial charge in [-0.2, -0.15) is 0 Å². The summed E-state index contributed by atoms with van der Waals surface area (Å²) in [5, 5.41) is 10.8. The Morgan fingerprint density at radius 3 is 2.65 bits per heavy atom. The first-order valence-electron chi connectivity index (χ1n) is 5.72. The highest BCUT2D eigenvalue weighted by Crippen LogP contribution is 2.18. The first kappa shape index (κ1) is 13.6. The fourth-order valence-electron chi connectivity index (χ4n) is 1.72. The Hall–Kier alpha value is -1.46. The highest BCUT2D eigenvalue weighted by Gasteiger charge is 2.29. The molecule has 0 saturated carbocycles. The van der Waals surface area contributed by atoms with Crippen LogP contribution in [0.2, 0.25) is 0 Å². The Labute approximate surface area is 101 Å². The molecular formula is C11H20N2O4. The number of likely N-dealkylation sites (tertiary alicyclic amines) is 1. The minimum atomic E-state index is -1.03. The fourth-order valence-corrected chi connectivity index (χ4v) is 1.72. The van der Waals surface area contributed by atoms with Crippen molar-refractivity contribution < 1.29 is 19.4 Å². The molecule has 1 atom stereocenters. The summed E-state index contributed by atoms with van der Waals surface area (Å²) in [7, 11) is 0. The minimum Gasteiger partial charge on any atom is -0.465 e. The van der Waals surface area contributed by atoms with E-state index in [1.807, 2.05) is 20.8 Å². The average molecular weight is 244 g/mol.